The Kier molecular flexibility index (Phi) is 8.49. The van der Waals surface area contributed by atoms with E-state index < -0.39 is 18.5 Å². The van der Waals surface area contributed by atoms with Gasteiger partial charge in [0.05, 0.1) is 0 Å². The van der Waals surface area contributed by atoms with E-state index in [-0.39, 0.29) is 5.75 Å². The zero-order valence-corrected chi connectivity index (χ0v) is 19.0. The van der Waals surface area contributed by atoms with Crippen molar-refractivity contribution in [1.29, 1.82) is 0 Å². The highest BCUT2D eigenvalue weighted by atomic mass is 32.1. The van der Waals surface area contributed by atoms with E-state index >= 15 is 0 Å². The summed E-state index contributed by atoms with van der Waals surface area (Å²) in [5.74, 6) is -2.93. The normalized spacial score (nSPS) is 14.8. The number of hydrogen-bond donors (Lipinski definition) is 2. The minimum atomic E-state index is -5.08. The number of rotatable bonds is 5. The Hall–Kier alpha value is -2.99. The minimum absolute atomic E-state index is 0.177. The molecule has 190 valence electrons. The number of nitrogens with zero attached hydrogens (tertiary/aromatic N) is 1. The molecule has 0 amide bonds. The third kappa shape index (κ3) is 8.03. The van der Waals surface area contributed by atoms with Crippen LogP contribution in [0, 0.1) is 0 Å². The summed E-state index contributed by atoms with van der Waals surface area (Å²) in [5, 5.41) is 13.8. The first-order chi connectivity index (χ1) is 16.4. The smallest absolute Gasteiger partial charge is 0.475 e. The minimum Gasteiger partial charge on any atom is -0.475 e. The molecule has 35 heavy (non-hydrogen) atoms. The Morgan fingerprint density at radius 2 is 1.74 bits per heavy atom. The van der Waals surface area contributed by atoms with Crippen LogP contribution in [0.25, 0.3) is 10.1 Å². The summed E-state index contributed by atoms with van der Waals surface area (Å²) in [5.41, 5.74) is 1.89. The highest BCUT2D eigenvalue weighted by Gasteiger charge is 2.38. The average Bonchev–Trinajstić information content (AvgIpc) is 3.25. The lowest BCUT2D eigenvalue weighted by molar-refractivity contribution is -0.274. The molecule has 2 heterocycles. The van der Waals surface area contributed by atoms with E-state index in [4.69, 9.17) is 9.90 Å². The monoisotopic (exact) mass is 520 g/mol. The van der Waals surface area contributed by atoms with Gasteiger partial charge in [0, 0.05) is 23.0 Å². The van der Waals surface area contributed by atoms with Gasteiger partial charge in [-0.2, -0.15) is 13.2 Å². The molecule has 5 nitrogen and oxygen atoms in total. The first-order valence-corrected chi connectivity index (χ1v) is 11.4. The number of nitrogens with one attached hydrogen (secondary N) is 1. The number of hydrogen-bond acceptors (Lipinski definition) is 5. The number of piperidine rings is 1. The second kappa shape index (κ2) is 11.2. The first-order valence-electron chi connectivity index (χ1n) is 10.5. The van der Waals surface area contributed by atoms with Crippen molar-refractivity contribution in [2.24, 2.45) is 0 Å². The number of carbonyl (C=O) groups is 1. The molecule has 2 N–H and O–H groups in total. The van der Waals surface area contributed by atoms with Crippen molar-refractivity contribution in [3.05, 3.63) is 59.5 Å². The van der Waals surface area contributed by atoms with E-state index in [1.807, 2.05) is 6.07 Å². The summed E-state index contributed by atoms with van der Waals surface area (Å²) >= 11 is 1.70. The molecule has 0 radical (unpaired) electrons. The Morgan fingerprint density at radius 3 is 2.37 bits per heavy atom. The van der Waals surface area contributed by atoms with Crippen LogP contribution in [0.4, 0.5) is 32.0 Å². The molecule has 0 unspecified atom stereocenters. The molecule has 3 aromatic rings. The SMILES string of the molecule is FC(F)(F)Oc1cccc(CN(c2ccc3sccc3c2)C2CCNCC2)c1.O=C(O)C(F)(F)F. The van der Waals surface area contributed by atoms with Crippen LogP contribution in [0.2, 0.25) is 0 Å². The fourth-order valence-electron chi connectivity index (χ4n) is 3.72. The van der Waals surface area contributed by atoms with E-state index in [9.17, 15) is 26.3 Å². The molecule has 1 fully saturated rings. The number of aliphatic carboxylic acids is 1. The predicted molar refractivity (Wildman–Crippen MR) is 121 cm³/mol. The van der Waals surface area contributed by atoms with Crippen molar-refractivity contribution >= 4 is 33.1 Å². The van der Waals surface area contributed by atoms with Gasteiger partial charge in [-0.05, 0) is 78.7 Å². The quantitative estimate of drug-likeness (QED) is 0.393. The van der Waals surface area contributed by atoms with E-state index in [0.717, 1.165) is 37.2 Å². The molecule has 0 atom stereocenters. The number of carboxylic acid groups (broad SMARTS) is 1. The molecule has 1 saturated heterocycles. The molecule has 1 aliphatic rings. The van der Waals surface area contributed by atoms with Crippen molar-refractivity contribution in [3.63, 3.8) is 0 Å². The van der Waals surface area contributed by atoms with Gasteiger partial charge in [-0.15, -0.1) is 24.5 Å². The van der Waals surface area contributed by atoms with Crippen molar-refractivity contribution in [3.8, 4) is 5.75 Å². The summed E-state index contributed by atoms with van der Waals surface area (Å²) in [6.45, 7) is 2.42. The summed E-state index contributed by atoms with van der Waals surface area (Å²) in [6.07, 6.45) is -7.77. The molecule has 2 aromatic carbocycles. The van der Waals surface area contributed by atoms with Crippen LogP contribution in [0.3, 0.4) is 0 Å². The number of benzene rings is 2. The Labute approximate surface area is 200 Å². The van der Waals surface area contributed by atoms with E-state index in [1.54, 1.807) is 17.4 Å². The molecule has 12 heteroatoms. The van der Waals surface area contributed by atoms with Crippen molar-refractivity contribution in [2.75, 3.05) is 18.0 Å². The average molecular weight is 520 g/mol. The first kappa shape index (κ1) is 26.6. The van der Waals surface area contributed by atoms with Crippen LogP contribution in [-0.4, -0.2) is 42.7 Å². The number of halogens is 6. The van der Waals surface area contributed by atoms with Crippen molar-refractivity contribution < 1.29 is 41.0 Å². The van der Waals surface area contributed by atoms with Gasteiger partial charge in [0.25, 0.3) is 0 Å². The van der Waals surface area contributed by atoms with Crippen LogP contribution >= 0.6 is 11.3 Å². The lowest BCUT2D eigenvalue weighted by Gasteiger charge is -2.36. The van der Waals surface area contributed by atoms with Gasteiger partial charge in [-0.3, -0.25) is 0 Å². The number of thiophene rings is 1. The predicted octanol–water partition coefficient (Wildman–Crippen LogP) is 6.19. The summed E-state index contributed by atoms with van der Waals surface area (Å²) in [7, 11) is 0. The number of alkyl halides is 6. The maximum Gasteiger partial charge on any atom is 0.573 e. The fourth-order valence-corrected chi connectivity index (χ4v) is 4.49. The lowest BCUT2D eigenvalue weighted by atomic mass is 10.0. The summed E-state index contributed by atoms with van der Waals surface area (Å²) in [4.78, 5) is 11.2. The van der Waals surface area contributed by atoms with Gasteiger partial charge in [0.2, 0.25) is 0 Å². The van der Waals surface area contributed by atoms with Gasteiger partial charge >= 0.3 is 18.5 Å². The van der Waals surface area contributed by atoms with Gasteiger partial charge in [0.1, 0.15) is 5.75 Å². The topological polar surface area (TPSA) is 61.8 Å². The van der Waals surface area contributed by atoms with Gasteiger partial charge in [-0.1, -0.05) is 12.1 Å². The molecule has 1 aliphatic heterocycles. The molecule has 0 bridgehead atoms. The van der Waals surface area contributed by atoms with E-state index in [1.165, 1.54) is 22.2 Å². The largest absolute Gasteiger partial charge is 0.573 e. The zero-order chi connectivity index (χ0) is 25.6. The molecule has 1 aromatic heterocycles. The fraction of sp³-hybridized carbons (Fsp3) is 0.348. The molecular formula is C23H22F6N2O3S. The van der Waals surface area contributed by atoms with Gasteiger partial charge < -0.3 is 20.1 Å². The second-order valence-electron chi connectivity index (χ2n) is 7.75. The summed E-state index contributed by atoms with van der Waals surface area (Å²) < 4.78 is 74.8. The van der Waals surface area contributed by atoms with E-state index in [0.29, 0.717) is 12.6 Å². The Balaban J connectivity index is 0.000000429. The van der Waals surface area contributed by atoms with Crippen molar-refractivity contribution in [1.82, 2.24) is 5.32 Å². The van der Waals surface area contributed by atoms with Crippen LogP contribution in [-0.2, 0) is 11.3 Å². The second-order valence-corrected chi connectivity index (χ2v) is 8.70. The lowest BCUT2D eigenvalue weighted by Crippen LogP contribution is -2.43. The standard InChI is InChI=1S/C21H21F3N2OS.C2HF3O2/c22-21(23,24)27-19-3-1-2-15(12-19)14-26(17-6-9-25-10-7-17)18-4-5-20-16(13-18)8-11-28-20;3-2(4,5)1(6)7/h1-5,8,11-13,17,25H,6-7,9-10,14H2;(H,6,7). The van der Waals surface area contributed by atoms with Crippen LogP contribution in [0.15, 0.2) is 53.9 Å². The van der Waals surface area contributed by atoms with Crippen molar-refractivity contribution in [2.45, 2.75) is 38.0 Å². The zero-order valence-electron chi connectivity index (χ0n) is 18.2. The van der Waals surface area contributed by atoms with Gasteiger partial charge in [0.15, 0.2) is 0 Å². The van der Waals surface area contributed by atoms with Crippen LogP contribution < -0.4 is 15.0 Å². The molecule has 0 aliphatic carbocycles. The third-order valence-electron chi connectivity index (χ3n) is 5.24. The third-order valence-corrected chi connectivity index (χ3v) is 6.14. The molecule has 0 saturated carbocycles. The summed E-state index contributed by atoms with van der Waals surface area (Å²) in [6, 6.07) is 15.1. The number of carboxylic acids is 1. The maximum absolute atomic E-state index is 12.6. The van der Waals surface area contributed by atoms with Crippen LogP contribution in [0.1, 0.15) is 18.4 Å². The number of fused-ring (bicyclic) bond motifs is 1. The molecule has 0 spiro atoms. The Morgan fingerprint density at radius 1 is 1.06 bits per heavy atom. The number of ether oxygens (including phenoxy) is 1. The molecule has 4 rings (SSSR count). The van der Waals surface area contributed by atoms with E-state index in [2.05, 4.69) is 44.6 Å². The highest BCUT2D eigenvalue weighted by Crippen LogP contribution is 2.31. The van der Waals surface area contributed by atoms with Gasteiger partial charge in [-0.25, -0.2) is 4.79 Å². The molecular weight excluding hydrogens is 498 g/mol. The highest BCUT2D eigenvalue weighted by molar-refractivity contribution is 7.17. The number of anilines is 1. The Bertz CT molecular complexity index is 1130. The maximum atomic E-state index is 12.6. The van der Waals surface area contributed by atoms with Crippen LogP contribution in [0.5, 0.6) is 5.75 Å².